The molecule has 2 aliphatic heterocycles. The van der Waals surface area contributed by atoms with E-state index in [1.54, 1.807) is 13.8 Å². The van der Waals surface area contributed by atoms with Crippen molar-refractivity contribution < 1.29 is 79.9 Å². The largest absolute Gasteiger partial charge is 0.508 e. The highest BCUT2D eigenvalue weighted by molar-refractivity contribution is 5.81. The van der Waals surface area contributed by atoms with Crippen LogP contribution in [0.4, 0.5) is 0 Å². The Labute approximate surface area is 279 Å². The minimum atomic E-state index is -1.71. The Morgan fingerprint density at radius 1 is 0.551 bits per heavy atom. The highest BCUT2D eigenvalue weighted by Gasteiger charge is 2.46. The minimum Gasteiger partial charge on any atom is -0.508 e. The lowest BCUT2D eigenvalue weighted by atomic mass is 9.97. The first-order chi connectivity index (χ1) is 23.1. The minimum absolute atomic E-state index is 0.00114. The highest BCUT2D eigenvalue weighted by Crippen LogP contribution is 2.47. The molecule has 3 aromatic carbocycles. The van der Waals surface area contributed by atoms with E-state index in [-0.39, 0.29) is 62.5 Å². The molecule has 0 unspecified atom stereocenters. The topological polar surface area (TPSA) is 269 Å². The van der Waals surface area contributed by atoms with Gasteiger partial charge in [0.2, 0.25) is 12.6 Å². The molecule has 0 saturated carbocycles. The molecule has 0 bridgehead atoms. The second kappa shape index (κ2) is 14.5. The molecule has 0 radical (unpaired) electrons. The number of phenolic OH excluding ortho intramolecular Hbond substituents is 3. The first kappa shape index (κ1) is 36.3. The van der Waals surface area contributed by atoms with Gasteiger partial charge in [0.1, 0.15) is 77.6 Å². The van der Waals surface area contributed by atoms with Gasteiger partial charge >= 0.3 is 0 Å². The third kappa shape index (κ3) is 7.20. The zero-order chi connectivity index (χ0) is 35.9. The third-order valence-electron chi connectivity index (χ3n) is 8.48. The average molecular weight is 693 g/mol. The molecule has 2 heterocycles. The van der Waals surface area contributed by atoms with Crippen LogP contribution in [0.1, 0.15) is 16.7 Å². The molecule has 16 nitrogen and oxygen atoms in total. The van der Waals surface area contributed by atoms with Gasteiger partial charge in [-0.25, -0.2) is 0 Å². The van der Waals surface area contributed by atoms with E-state index < -0.39 is 74.6 Å². The standard InChI is InChI=1S/C33H40O16/c1-12-5-16(45-32-29(43)27(41)25(39)21(10-34)48-32)8-18(23(12)37)19-7-15(36)4-14(3)31(19)47-20-9-17(6-13(2)24(20)38)46-33-30(44)28(42)26(40)22(11-35)49-33/h4-9,21-22,25-30,32-44H,10-11H2,1-3H3/t21-,22-,25-,26-,27+,28+,29-,30-,32-,33-/m1/s1. The van der Waals surface area contributed by atoms with E-state index >= 15 is 0 Å². The van der Waals surface area contributed by atoms with Gasteiger partial charge in [0.25, 0.3) is 0 Å². The van der Waals surface area contributed by atoms with Gasteiger partial charge in [0.05, 0.1) is 13.2 Å². The molecule has 3 aromatic rings. The van der Waals surface area contributed by atoms with Crippen LogP contribution >= 0.6 is 0 Å². The number of hydrogen-bond acceptors (Lipinski definition) is 16. The number of aryl methyl sites for hydroxylation is 3. The maximum absolute atomic E-state index is 11.2. The van der Waals surface area contributed by atoms with Crippen LogP contribution in [0.15, 0.2) is 36.4 Å². The number of hydrogen-bond donors (Lipinski definition) is 11. The first-order valence-electron chi connectivity index (χ1n) is 15.3. The van der Waals surface area contributed by atoms with E-state index in [1.807, 2.05) is 0 Å². The van der Waals surface area contributed by atoms with Crippen LogP contribution in [0.2, 0.25) is 0 Å². The van der Waals surface area contributed by atoms with Crippen molar-refractivity contribution in [1.82, 2.24) is 0 Å². The SMILES string of the molecule is Cc1cc(O[C@@H]2O[C@H](CO)[C@@H](O)[C@H](O)[C@H]2O)cc(Oc2c(C)cc(O)cc2-c2cc(O[C@@H]3O[C@H](CO)[C@@H](O)[C@H](O)[C@H]3O)cc(C)c2O)c1O. The molecule has 268 valence electrons. The number of aromatic hydroxyl groups is 3. The lowest BCUT2D eigenvalue weighted by molar-refractivity contribution is -0.277. The molecular formula is C33H40O16. The Kier molecular flexibility index (Phi) is 10.8. The quantitative estimate of drug-likeness (QED) is 0.136. The molecule has 2 aliphatic rings. The fraction of sp³-hybridized carbons (Fsp3) is 0.455. The van der Waals surface area contributed by atoms with E-state index in [4.69, 9.17) is 23.7 Å². The molecule has 10 atom stereocenters. The van der Waals surface area contributed by atoms with E-state index in [1.165, 1.54) is 43.3 Å². The zero-order valence-electron chi connectivity index (χ0n) is 26.6. The zero-order valence-corrected chi connectivity index (χ0v) is 26.6. The smallest absolute Gasteiger partial charge is 0.229 e. The second-order valence-corrected chi connectivity index (χ2v) is 12.1. The van der Waals surface area contributed by atoms with E-state index in [9.17, 15) is 56.2 Å². The molecule has 2 saturated heterocycles. The molecule has 0 spiro atoms. The first-order valence-corrected chi connectivity index (χ1v) is 15.3. The van der Waals surface area contributed by atoms with Gasteiger partial charge < -0.3 is 79.9 Å². The van der Waals surface area contributed by atoms with Crippen LogP contribution in [0.5, 0.6) is 40.2 Å². The van der Waals surface area contributed by atoms with Gasteiger partial charge in [-0.1, -0.05) is 0 Å². The molecule has 0 aliphatic carbocycles. The summed E-state index contributed by atoms with van der Waals surface area (Å²) in [4.78, 5) is 0. The maximum atomic E-state index is 11.2. The molecule has 0 amide bonds. The maximum Gasteiger partial charge on any atom is 0.229 e. The Morgan fingerprint density at radius 3 is 1.55 bits per heavy atom. The van der Waals surface area contributed by atoms with Crippen molar-refractivity contribution in [3.8, 4) is 51.4 Å². The Hall–Kier alpha value is -3.94. The summed E-state index contributed by atoms with van der Waals surface area (Å²) in [6, 6.07) is 8.05. The Bertz CT molecular complexity index is 1640. The third-order valence-corrected chi connectivity index (χ3v) is 8.48. The summed E-state index contributed by atoms with van der Waals surface area (Å²) in [5.41, 5.74) is 1.07. The summed E-state index contributed by atoms with van der Waals surface area (Å²) >= 11 is 0. The summed E-state index contributed by atoms with van der Waals surface area (Å²) < 4.78 is 28.6. The number of phenols is 3. The van der Waals surface area contributed by atoms with Crippen molar-refractivity contribution in [3.63, 3.8) is 0 Å². The van der Waals surface area contributed by atoms with Crippen LogP contribution < -0.4 is 14.2 Å². The van der Waals surface area contributed by atoms with Crippen LogP contribution in [0.25, 0.3) is 11.1 Å². The van der Waals surface area contributed by atoms with Crippen molar-refractivity contribution in [1.29, 1.82) is 0 Å². The van der Waals surface area contributed by atoms with Crippen LogP contribution in [0.3, 0.4) is 0 Å². The number of benzene rings is 3. The summed E-state index contributed by atoms with van der Waals surface area (Å²) in [6.07, 6.45) is -15.5. The molecule has 16 heteroatoms. The van der Waals surface area contributed by atoms with Crippen LogP contribution in [-0.2, 0) is 9.47 Å². The van der Waals surface area contributed by atoms with Crippen molar-refractivity contribution in [2.24, 2.45) is 0 Å². The molecular weight excluding hydrogens is 652 g/mol. The lowest BCUT2D eigenvalue weighted by Crippen LogP contribution is -2.60. The van der Waals surface area contributed by atoms with Crippen molar-refractivity contribution in [3.05, 3.63) is 53.1 Å². The van der Waals surface area contributed by atoms with E-state index in [2.05, 4.69) is 0 Å². The monoisotopic (exact) mass is 692 g/mol. The van der Waals surface area contributed by atoms with E-state index in [0.29, 0.717) is 5.56 Å². The van der Waals surface area contributed by atoms with E-state index in [0.717, 1.165) is 0 Å². The van der Waals surface area contributed by atoms with Gasteiger partial charge in [-0.2, -0.15) is 0 Å². The van der Waals surface area contributed by atoms with Crippen molar-refractivity contribution >= 4 is 0 Å². The molecule has 11 N–H and O–H groups in total. The number of rotatable bonds is 9. The number of ether oxygens (including phenoxy) is 5. The second-order valence-electron chi connectivity index (χ2n) is 12.1. The predicted octanol–water partition coefficient (Wildman–Crippen LogP) is -0.455. The fourth-order valence-corrected chi connectivity index (χ4v) is 5.68. The van der Waals surface area contributed by atoms with Gasteiger partial charge in [0.15, 0.2) is 11.5 Å². The van der Waals surface area contributed by atoms with Gasteiger partial charge in [0, 0.05) is 17.2 Å². The Balaban J connectivity index is 1.50. The summed E-state index contributed by atoms with van der Waals surface area (Å²) in [5, 5.41) is 113. The molecule has 0 aromatic heterocycles. The van der Waals surface area contributed by atoms with Crippen LogP contribution in [0, 0.1) is 20.8 Å². The summed E-state index contributed by atoms with van der Waals surface area (Å²) in [6.45, 7) is 3.33. The predicted molar refractivity (Wildman–Crippen MR) is 166 cm³/mol. The van der Waals surface area contributed by atoms with Crippen LogP contribution in [-0.4, -0.2) is 131 Å². The summed E-state index contributed by atoms with van der Waals surface area (Å²) in [5.74, 6) is -0.874. The molecule has 5 rings (SSSR count). The highest BCUT2D eigenvalue weighted by atomic mass is 16.7. The average Bonchev–Trinajstić information content (AvgIpc) is 3.06. The van der Waals surface area contributed by atoms with Gasteiger partial charge in [-0.15, -0.1) is 0 Å². The summed E-state index contributed by atoms with van der Waals surface area (Å²) in [7, 11) is 0. The van der Waals surface area contributed by atoms with Gasteiger partial charge in [-0.05, 0) is 67.8 Å². The van der Waals surface area contributed by atoms with Crippen molar-refractivity contribution in [2.75, 3.05) is 13.2 Å². The lowest BCUT2D eigenvalue weighted by Gasteiger charge is -2.39. The normalized spacial score (nSPS) is 30.2. The molecule has 2 fully saturated rings. The number of aliphatic hydroxyl groups is 8. The van der Waals surface area contributed by atoms with Gasteiger partial charge in [-0.3, -0.25) is 0 Å². The van der Waals surface area contributed by atoms with Crippen molar-refractivity contribution in [2.45, 2.75) is 82.2 Å². The fourth-order valence-electron chi connectivity index (χ4n) is 5.68. The Morgan fingerprint density at radius 2 is 1.04 bits per heavy atom. The molecule has 49 heavy (non-hydrogen) atoms. The number of aliphatic hydroxyl groups excluding tert-OH is 8.